The smallest absolute Gasteiger partial charge is 0.411 e. The van der Waals surface area contributed by atoms with Crippen molar-refractivity contribution in [3.63, 3.8) is 0 Å². The molecule has 1 aliphatic heterocycles. The first kappa shape index (κ1) is 15.8. The second kappa shape index (κ2) is 5.36. The van der Waals surface area contributed by atoms with Gasteiger partial charge in [0.2, 0.25) is 0 Å². The number of carbonyl (C=O) groups is 2. The first-order valence-electron chi connectivity index (χ1n) is 6.55. The van der Waals surface area contributed by atoms with Crippen molar-refractivity contribution < 1.29 is 19.4 Å². The van der Waals surface area contributed by atoms with Gasteiger partial charge in [0.25, 0.3) is 0 Å². The lowest BCUT2D eigenvalue weighted by molar-refractivity contribution is -0.150. The zero-order chi connectivity index (χ0) is 14.8. The molecule has 1 unspecified atom stereocenters. The second-order valence-electron chi connectivity index (χ2n) is 6.05. The van der Waals surface area contributed by atoms with Crippen LogP contribution in [-0.2, 0) is 9.53 Å². The summed E-state index contributed by atoms with van der Waals surface area (Å²) in [6, 6.07) is 0. The van der Waals surface area contributed by atoms with Gasteiger partial charge < -0.3 is 14.7 Å². The van der Waals surface area contributed by atoms with Gasteiger partial charge in [-0.2, -0.15) is 0 Å². The van der Waals surface area contributed by atoms with Crippen molar-refractivity contribution in [2.24, 2.45) is 0 Å². The van der Waals surface area contributed by atoms with E-state index in [0.29, 0.717) is 26.1 Å². The lowest BCUT2D eigenvalue weighted by Crippen LogP contribution is -2.59. The molecule has 19 heavy (non-hydrogen) atoms. The number of aliphatic carboxylic acids is 1. The lowest BCUT2D eigenvalue weighted by Gasteiger charge is -2.37. The Kier molecular flexibility index (Phi) is 4.45. The molecule has 1 rings (SSSR count). The molecule has 1 heterocycles. The summed E-state index contributed by atoms with van der Waals surface area (Å²) >= 11 is 0. The van der Waals surface area contributed by atoms with Crippen molar-refractivity contribution in [3.8, 4) is 0 Å². The number of carboxylic acids is 1. The van der Waals surface area contributed by atoms with Crippen molar-refractivity contribution in [1.29, 1.82) is 0 Å². The molecule has 1 amide bonds. The molecule has 110 valence electrons. The van der Waals surface area contributed by atoms with Gasteiger partial charge in [0.1, 0.15) is 5.60 Å². The summed E-state index contributed by atoms with van der Waals surface area (Å²) in [6.45, 7) is 8.38. The van der Waals surface area contributed by atoms with Gasteiger partial charge >= 0.3 is 12.1 Å². The topological polar surface area (TPSA) is 70.1 Å². The maximum Gasteiger partial charge on any atom is 0.411 e. The molecular weight excluding hydrogens is 248 g/mol. The van der Waals surface area contributed by atoms with Crippen LogP contribution >= 0.6 is 0 Å². The Morgan fingerprint density at radius 2 is 2.00 bits per heavy atom. The van der Waals surface area contributed by atoms with E-state index in [9.17, 15) is 14.7 Å². The van der Waals surface area contributed by atoms with Gasteiger partial charge in [-0.05, 0) is 41.2 Å². The molecule has 1 fully saturated rings. The van der Waals surface area contributed by atoms with E-state index in [1.54, 1.807) is 27.7 Å². The summed E-state index contributed by atoms with van der Waals surface area (Å²) in [5, 5.41) is 9.55. The molecule has 0 bridgehead atoms. The van der Waals surface area contributed by atoms with Crippen molar-refractivity contribution in [1.82, 2.24) is 9.80 Å². The van der Waals surface area contributed by atoms with Crippen LogP contribution in [0.5, 0.6) is 0 Å². The molecule has 0 radical (unpaired) electrons. The van der Waals surface area contributed by atoms with E-state index in [-0.39, 0.29) is 0 Å². The van der Waals surface area contributed by atoms with Crippen LogP contribution in [0, 0.1) is 0 Å². The third-order valence-corrected chi connectivity index (χ3v) is 3.28. The zero-order valence-corrected chi connectivity index (χ0v) is 12.4. The number of amides is 1. The number of carbonyl (C=O) groups excluding carboxylic acids is 1. The quantitative estimate of drug-likeness (QED) is 0.841. The highest BCUT2D eigenvalue weighted by atomic mass is 16.6. The Morgan fingerprint density at radius 3 is 2.32 bits per heavy atom. The van der Waals surface area contributed by atoms with Crippen LogP contribution in [0.1, 0.15) is 34.1 Å². The Labute approximate surface area is 114 Å². The SMILES string of the molecule is CCN(C(=O)OC(C)(C)C)C1(C(=O)O)CCN(C)C1. The number of hydrogen-bond donors (Lipinski definition) is 1. The molecule has 6 nitrogen and oxygen atoms in total. The Morgan fingerprint density at radius 1 is 1.42 bits per heavy atom. The monoisotopic (exact) mass is 272 g/mol. The molecule has 1 atom stereocenters. The van der Waals surface area contributed by atoms with Gasteiger partial charge in [0, 0.05) is 19.6 Å². The van der Waals surface area contributed by atoms with Crippen LogP contribution < -0.4 is 0 Å². The number of rotatable bonds is 3. The molecule has 0 spiro atoms. The predicted octanol–water partition coefficient (Wildman–Crippen LogP) is 1.40. The van der Waals surface area contributed by atoms with Crippen LogP contribution in [0.3, 0.4) is 0 Å². The Balaban J connectivity index is 2.99. The highest BCUT2D eigenvalue weighted by molar-refractivity contribution is 5.85. The molecule has 0 aromatic carbocycles. The van der Waals surface area contributed by atoms with Crippen LogP contribution in [0.2, 0.25) is 0 Å². The summed E-state index contributed by atoms with van der Waals surface area (Å²) in [6.07, 6.45) is -0.140. The summed E-state index contributed by atoms with van der Waals surface area (Å²) in [7, 11) is 1.85. The van der Waals surface area contributed by atoms with Crippen molar-refractivity contribution in [2.45, 2.75) is 45.3 Å². The third-order valence-electron chi connectivity index (χ3n) is 3.28. The first-order chi connectivity index (χ1) is 8.62. The van der Waals surface area contributed by atoms with E-state index in [2.05, 4.69) is 0 Å². The number of likely N-dealkylation sites (tertiary alicyclic amines) is 1. The van der Waals surface area contributed by atoms with Gasteiger partial charge in [0.05, 0.1) is 0 Å². The average molecular weight is 272 g/mol. The van der Waals surface area contributed by atoms with Gasteiger partial charge in [-0.25, -0.2) is 9.59 Å². The Hall–Kier alpha value is -1.30. The van der Waals surface area contributed by atoms with E-state index < -0.39 is 23.2 Å². The lowest BCUT2D eigenvalue weighted by atomic mass is 9.96. The Bertz CT molecular complexity index is 364. The molecule has 1 N–H and O–H groups in total. The van der Waals surface area contributed by atoms with Gasteiger partial charge in [-0.15, -0.1) is 0 Å². The molecule has 0 aliphatic carbocycles. The van der Waals surface area contributed by atoms with E-state index in [0.717, 1.165) is 0 Å². The fraction of sp³-hybridized carbons (Fsp3) is 0.846. The minimum Gasteiger partial charge on any atom is -0.479 e. The van der Waals surface area contributed by atoms with E-state index in [4.69, 9.17) is 4.74 Å². The predicted molar refractivity (Wildman–Crippen MR) is 71.1 cm³/mol. The standard InChI is InChI=1S/C13H24N2O4/c1-6-15(11(18)19-12(2,3)4)13(10(16)17)7-8-14(5)9-13/h6-9H2,1-5H3,(H,16,17). The number of carboxylic acid groups (broad SMARTS) is 1. The van der Waals surface area contributed by atoms with Gasteiger partial charge in [-0.1, -0.05) is 0 Å². The zero-order valence-electron chi connectivity index (χ0n) is 12.4. The number of likely N-dealkylation sites (N-methyl/N-ethyl adjacent to an activating group) is 2. The van der Waals surface area contributed by atoms with E-state index in [1.165, 1.54) is 4.90 Å². The van der Waals surface area contributed by atoms with Gasteiger partial charge in [-0.3, -0.25) is 4.90 Å². The van der Waals surface area contributed by atoms with Crippen molar-refractivity contribution in [3.05, 3.63) is 0 Å². The number of hydrogen-bond acceptors (Lipinski definition) is 4. The molecular formula is C13H24N2O4. The molecule has 6 heteroatoms. The number of nitrogens with zero attached hydrogens (tertiary/aromatic N) is 2. The average Bonchev–Trinajstić information content (AvgIpc) is 2.60. The largest absolute Gasteiger partial charge is 0.479 e. The van der Waals surface area contributed by atoms with Crippen LogP contribution in [-0.4, -0.2) is 64.8 Å². The minimum atomic E-state index is -1.17. The molecule has 0 saturated carbocycles. The fourth-order valence-electron chi connectivity index (χ4n) is 2.41. The third kappa shape index (κ3) is 3.37. The van der Waals surface area contributed by atoms with Crippen LogP contribution in [0.25, 0.3) is 0 Å². The molecule has 0 aromatic heterocycles. The summed E-state index contributed by atoms with van der Waals surface area (Å²) in [4.78, 5) is 27.1. The molecule has 1 aliphatic rings. The summed E-state index contributed by atoms with van der Waals surface area (Å²) < 4.78 is 5.32. The first-order valence-corrected chi connectivity index (χ1v) is 6.55. The van der Waals surface area contributed by atoms with E-state index >= 15 is 0 Å². The van der Waals surface area contributed by atoms with Gasteiger partial charge in [0.15, 0.2) is 5.54 Å². The number of ether oxygens (including phenoxy) is 1. The van der Waals surface area contributed by atoms with E-state index in [1.807, 2.05) is 11.9 Å². The molecule has 0 aromatic rings. The normalized spacial score (nSPS) is 24.3. The highest BCUT2D eigenvalue weighted by Gasteiger charge is 2.51. The van der Waals surface area contributed by atoms with Crippen molar-refractivity contribution in [2.75, 3.05) is 26.7 Å². The van der Waals surface area contributed by atoms with Crippen molar-refractivity contribution >= 4 is 12.1 Å². The maximum atomic E-state index is 12.2. The second-order valence-corrected chi connectivity index (χ2v) is 6.05. The molecule has 1 saturated heterocycles. The van der Waals surface area contributed by atoms with Crippen LogP contribution in [0.4, 0.5) is 4.79 Å². The minimum absolute atomic E-state index is 0.315. The summed E-state index contributed by atoms with van der Waals surface area (Å²) in [5.41, 5.74) is -1.81. The fourth-order valence-corrected chi connectivity index (χ4v) is 2.41. The maximum absolute atomic E-state index is 12.2. The highest BCUT2D eigenvalue weighted by Crippen LogP contribution is 2.29. The summed E-state index contributed by atoms with van der Waals surface area (Å²) in [5.74, 6) is -0.968. The van der Waals surface area contributed by atoms with Crippen LogP contribution in [0.15, 0.2) is 0 Å².